The lowest BCUT2D eigenvalue weighted by Gasteiger charge is -1.99. The molecule has 0 saturated carbocycles. The van der Waals surface area contributed by atoms with Crippen LogP contribution in [0.4, 0.5) is 0 Å². The summed E-state index contributed by atoms with van der Waals surface area (Å²) in [5, 5.41) is 6.54. The molecular weight excluding hydrogens is 182 g/mol. The van der Waals surface area contributed by atoms with Crippen LogP contribution < -0.4 is 0 Å². The summed E-state index contributed by atoms with van der Waals surface area (Å²) >= 11 is 0. The molecule has 0 atom stereocenters. The minimum atomic E-state index is 0.557. The molecule has 0 unspecified atom stereocenters. The van der Waals surface area contributed by atoms with Crippen molar-refractivity contribution in [1.29, 1.82) is 0 Å². The van der Waals surface area contributed by atoms with E-state index in [-0.39, 0.29) is 0 Å². The summed E-state index contributed by atoms with van der Waals surface area (Å²) in [5.74, 6) is 2.51. The second kappa shape index (κ2) is 5.89. The third kappa shape index (κ3) is 3.37. The molecule has 0 amide bonds. The van der Waals surface area contributed by atoms with Gasteiger partial charge in [0.2, 0.25) is 0 Å². The van der Waals surface area contributed by atoms with Gasteiger partial charge in [-0.1, -0.05) is 0 Å². The molecule has 0 aliphatic carbocycles. The first kappa shape index (κ1) is 10.4. The molecule has 0 saturated heterocycles. The number of nitrogens with zero attached hydrogens (tertiary/aromatic N) is 3. The monoisotopic (exact) mass is 193 g/mol. The van der Waals surface area contributed by atoms with Gasteiger partial charge in [-0.3, -0.25) is 4.68 Å². The van der Waals surface area contributed by atoms with E-state index in [0.29, 0.717) is 12.3 Å². The molecule has 5 nitrogen and oxygen atoms in total. The molecule has 1 rings (SSSR count). The number of hydrogen-bond acceptors (Lipinski definition) is 4. The maximum Gasteiger partial charge on any atom is 0.137 e. The second-order valence-corrected chi connectivity index (χ2v) is 2.64. The third-order valence-corrected chi connectivity index (χ3v) is 1.61. The molecule has 1 aromatic heterocycles. The maximum atomic E-state index is 9.72. The number of nitroso groups, excluding NO2 is 1. The highest BCUT2D eigenvalue weighted by Crippen LogP contribution is 1.95. The number of aromatic nitrogens is 2. The average Bonchev–Trinajstić information content (AvgIpc) is 2.63. The molecule has 0 fully saturated rings. The number of aryl methyl sites for hydroxylation is 1. The zero-order chi connectivity index (χ0) is 10.2. The van der Waals surface area contributed by atoms with Crippen molar-refractivity contribution >= 4 is 0 Å². The van der Waals surface area contributed by atoms with Crippen molar-refractivity contribution in [1.82, 2.24) is 9.78 Å². The first-order valence-corrected chi connectivity index (χ1v) is 4.22. The van der Waals surface area contributed by atoms with E-state index in [4.69, 9.17) is 4.74 Å². The predicted molar refractivity (Wildman–Crippen MR) is 51.4 cm³/mol. The van der Waals surface area contributed by atoms with Crippen molar-refractivity contribution < 1.29 is 4.74 Å². The molecule has 0 radical (unpaired) electrons. The van der Waals surface area contributed by atoms with E-state index in [1.807, 2.05) is 6.20 Å². The van der Waals surface area contributed by atoms with Crippen LogP contribution in [0.1, 0.15) is 12.1 Å². The van der Waals surface area contributed by atoms with Crippen LogP contribution in [0.25, 0.3) is 0 Å². The van der Waals surface area contributed by atoms with Gasteiger partial charge in [0.25, 0.3) is 0 Å². The molecule has 0 aliphatic heterocycles. The van der Waals surface area contributed by atoms with Crippen LogP contribution in [0.2, 0.25) is 0 Å². The van der Waals surface area contributed by atoms with Gasteiger partial charge < -0.3 is 4.74 Å². The van der Waals surface area contributed by atoms with Crippen molar-refractivity contribution in [2.45, 2.75) is 13.0 Å². The van der Waals surface area contributed by atoms with Crippen LogP contribution >= 0.6 is 0 Å². The van der Waals surface area contributed by atoms with Crippen molar-refractivity contribution in [2.75, 3.05) is 13.7 Å². The molecular formula is C9H11N3O2. The van der Waals surface area contributed by atoms with Gasteiger partial charge in [-0.2, -0.15) is 5.10 Å². The Morgan fingerprint density at radius 1 is 1.71 bits per heavy atom. The molecule has 0 aliphatic rings. The molecule has 5 heteroatoms. The zero-order valence-corrected chi connectivity index (χ0v) is 7.93. The fourth-order valence-electron chi connectivity index (χ4n) is 1.00. The molecule has 0 aromatic carbocycles. The highest BCUT2D eigenvalue weighted by atomic mass is 16.5. The van der Waals surface area contributed by atoms with Crippen LogP contribution in [0.5, 0.6) is 0 Å². The summed E-state index contributed by atoms with van der Waals surface area (Å²) in [4.78, 5) is 9.72. The minimum absolute atomic E-state index is 0.557. The molecule has 0 bridgehead atoms. The van der Waals surface area contributed by atoms with Gasteiger partial charge in [0.15, 0.2) is 0 Å². The topological polar surface area (TPSA) is 56.5 Å². The van der Waals surface area contributed by atoms with E-state index in [9.17, 15) is 4.91 Å². The van der Waals surface area contributed by atoms with Crippen LogP contribution in [-0.2, 0) is 11.3 Å². The number of methoxy groups -OCH3 is 1. The smallest absolute Gasteiger partial charge is 0.137 e. The number of rotatable bonds is 4. The lowest BCUT2D eigenvalue weighted by Crippen LogP contribution is -2.01. The fraction of sp³-hybridized carbons (Fsp3) is 0.444. The SMILES string of the molecule is COCCCn1ccc(C#CN=O)n1. The molecule has 0 N–H and O–H groups in total. The van der Waals surface area contributed by atoms with Crippen molar-refractivity contribution in [3.05, 3.63) is 22.9 Å². The van der Waals surface area contributed by atoms with Crippen LogP contribution in [0.15, 0.2) is 17.4 Å². The van der Waals surface area contributed by atoms with Crippen molar-refractivity contribution in [2.24, 2.45) is 5.18 Å². The van der Waals surface area contributed by atoms with Gasteiger partial charge in [-0.25, -0.2) is 0 Å². The van der Waals surface area contributed by atoms with Gasteiger partial charge in [0, 0.05) is 31.6 Å². The van der Waals surface area contributed by atoms with E-state index in [2.05, 4.69) is 22.2 Å². The lowest BCUT2D eigenvalue weighted by molar-refractivity contribution is 0.189. The molecule has 74 valence electrons. The molecule has 1 aromatic rings. The summed E-state index contributed by atoms with van der Waals surface area (Å²) in [5.41, 5.74) is 0.557. The Bertz CT molecular complexity index is 348. The summed E-state index contributed by atoms with van der Waals surface area (Å²) in [6.45, 7) is 1.49. The Morgan fingerprint density at radius 2 is 2.57 bits per heavy atom. The predicted octanol–water partition coefficient (Wildman–Crippen LogP) is 0.995. The molecule has 1 heterocycles. The normalized spacial score (nSPS) is 9.21. The third-order valence-electron chi connectivity index (χ3n) is 1.61. The summed E-state index contributed by atoms with van der Waals surface area (Å²) < 4.78 is 6.67. The number of hydrogen-bond donors (Lipinski definition) is 0. The van der Waals surface area contributed by atoms with E-state index >= 15 is 0 Å². The molecule has 0 spiro atoms. The van der Waals surface area contributed by atoms with Gasteiger partial charge >= 0.3 is 0 Å². The Labute approximate surface area is 82.0 Å². The Balaban J connectivity index is 2.46. The van der Waals surface area contributed by atoms with Crippen LogP contribution in [0.3, 0.4) is 0 Å². The fourth-order valence-corrected chi connectivity index (χ4v) is 1.00. The zero-order valence-electron chi connectivity index (χ0n) is 7.93. The second-order valence-electron chi connectivity index (χ2n) is 2.64. The molecule has 14 heavy (non-hydrogen) atoms. The quantitative estimate of drug-likeness (QED) is 0.407. The highest BCUT2D eigenvalue weighted by molar-refractivity contribution is 5.24. The maximum absolute atomic E-state index is 9.72. The lowest BCUT2D eigenvalue weighted by atomic mass is 10.4. The van der Waals surface area contributed by atoms with Crippen molar-refractivity contribution in [3.63, 3.8) is 0 Å². The summed E-state index contributed by atoms with van der Waals surface area (Å²) in [7, 11) is 1.66. The van der Waals surface area contributed by atoms with E-state index in [1.165, 1.54) is 0 Å². The van der Waals surface area contributed by atoms with Gasteiger partial charge in [-0.05, 0) is 18.4 Å². The van der Waals surface area contributed by atoms with E-state index in [0.717, 1.165) is 13.0 Å². The largest absolute Gasteiger partial charge is 0.385 e. The Hall–Kier alpha value is -1.67. The highest BCUT2D eigenvalue weighted by Gasteiger charge is 1.94. The van der Waals surface area contributed by atoms with Crippen LogP contribution in [-0.4, -0.2) is 23.5 Å². The minimum Gasteiger partial charge on any atom is -0.385 e. The van der Waals surface area contributed by atoms with Crippen molar-refractivity contribution in [3.8, 4) is 12.0 Å². The van der Waals surface area contributed by atoms with Gasteiger partial charge in [0.05, 0.1) is 6.04 Å². The van der Waals surface area contributed by atoms with E-state index < -0.39 is 0 Å². The Morgan fingerprint density at radius 3 is 3.29 bits per heavy atom. The van der Waals surface area contributed by atoms with E-state index in [1.54, 1.807) is 17.9 Å². The first-order chi connectivity index (χ1) is 6.86. The first-order valence-electron chi connectivity index (χ1n) is 4.22. The summed E-state index contributed by atoms with van der Waals surface area (Å²) in [6, 6.07) is 3.81. The standard InChI is InChI=1S/C9H11N3O2/c1-14-8-2-6-12-7-4-9(11-12)3-5-10-13/h4,7H,2,6,8H2,1H3. The number of ether oxygens (including phenoxy) is 1. The summed E-state index contributed by atoms with van der Waals surface area (Å²) in [6.07, 6.45) is 2.71. The van der Waals surface area contributed by atoms with Gasteiger partial charge in [0.1, 0.15) is 5.69 Å². The van der Waals surface area contributed by atoms with Gasteiger partial charge in [-0.15, -0.1) is 4.91 Å². The van der Waals surface area contributed by atoms with Crippen LogP contribution in [0, 0.1) is 16.9 Å². The average molecular weight is 193 g/mol. The Kier molecular flexibility index (Phi) is 4.38.